The van der Waals surface area contributed by atoms with Crippen molar-refractivity contribution in [2.45, 2.75) is 24.9 Å². The average molecular weight is 533 g/mol. The topological polar surface area (TPSA) is 97.9 Å². The standard InChI is InChI=1S/C28H32N6O3S/c1-32-15-17-33(18-16-32)28(37)30-24(21-11-6-3-7-12-21)26(36)34-14-8-13-23(34)25(35)31-27-29-22(19-38-27)20-9-4-2-5-10-20/h2-7,9-12,19,23-24H,8,13-18H2,1H3,(H,30,37)(H,29,31,35)/t23-,24+/m0/s1. The minimum Gasteiger partial charge on any atom is -0.329 e. The van der Waals surface area contributed by atoms with Gasteiger partial charge in [0.1, 0.15) is 12.1 Å². The lowest BCUT2D eigenvalue weighted by Gasteiger charge is -2.34. The Balaban J connectivity index is 1.29. The fourth-order valence-electron chi connectivity index (χ4n) is 4.89. The average Bonchev–Trinajstić information content (AvgIpc) is 3.63. The van der Waals surface area contributed by atoms with Crippen molar-refractivity contribution < 1.29 is 14.4 Å². The van der Waals surface area contributed by atoms with Crippen LogP contribution in [0.1, 0.15) is 24.4 Å². The molecule has 2 aliphatic rings. The number of likely N-dealkylation sites (tertiary alicyclic amines) is 1. The maximum atomic E-state index is 13.9. The van der Waals surface area contributed by atoms with Gasteiger partial charge in [-0.2, -0.15) is 0 Å². The van der Waals surface area contributed by atoms with Crippen LogP contribution in [0.3, 0.4) is 0 Å². The number of urea groups is 1. The molecule has 3 aromatic rings. The molecule has 3 heterocycles. The summed E-state index contributed by atoms with van der Waals surface area (Å²) in [6.07, 6.45) is 1.27. The molecule has 0 spiro atoms. The molecular weight excluding hydrogens is 500 g/mol. The minimum absolute atomic E-state index is 0.262. The lowest BCUT2D eigenvalue weighted by Crippen LogP contribution is -2.54. The molecule has 2 fully saturated rings. The second kappa shape index (κ2) is 11.7. The van der Waals surface area contributed by atoms with Crippen molar-refractivity contribution in [3.63, 3.8) is 0 Å². The molecule has 10 heteroatoms. The summed E-state index contributed by atoms with van der Waals surface area (Å²) in [6.45, 7) is 3.23. The van der Waals surface area contributed by atoms with Gasteiger partial charge < -0.3 is 25.3 Å². The lowest BCUT2D eigenvalue weighted by atomic mass is 10.0. The van der Waals surface area contributed by atoms with Crippen LogP contribution in [0.25, 0.3) is 11.3 Å². The summed E-state index contributed by atoms with van der Waals surface area (Å²) in [4.78, 5) is 50.4. The maximum absolute atomic E-state index is 13.9. The van der Waals surface area contributed by atoms with Gasteiger partial charge >= 0.3 is 6.03 Å². The number of benzene rings is 2. The second-order valence-electron chi connectivity index (χ2n) is 9.67. The molecule has 2 N–H and O–H groups in total. The molecule has 0 unspecified atom stereocenters. The van der Waals surface area contributed by atoms with Crippen molar-refractivity contribution in [1.29, 1.82) is 0 Å². The summed E-state index contributed by atoms with van der Waals surface area (Å²) in [5, 5.41) is 8.27. The number of hydrogen-bond donors (Lipinski definition) is 2. The molecule has 1 aromatic heterocycles. The van der Waals surface area contributed by atoms with E-state index < -0.39 is 12.1 Å². The highest BCUT2D eigenvalue weighted by Crippen LogP contribution is 2.28. The zero-order chi connectivity index (χ0) is 26.5. The van der Waals surface area contributed by atoms with E-state index in [-0.39, 0.29) is 17.8 Å². The zero-order valence-electron chi connectivity index (χ0n) is 21.4. The third-order valence-electron chi connectivity index (χ3n) is 7.08. The van der Waals surface area contributed by atoms with Crippen molar-refractivity contribution in [3.05, 3.63) is 71.6 Å². The monoisotopic (exact) mass is 532 g/mol. The van der Waals surface area contributed by atoms with E-state index in [2.05, 4.69) is 20.5 Å². The SMILES string of the molecule is CN1CCN(C(=O)N[C@@H](C(=O)N2CCC[C@H]2C(=O)Nc2nc(-c3ccccc3)cs2)c2ccccc2)CC1. The van der Waals surface area contributed by atoms with Crippen molar-refractivity contribution >= 4 is 34.3 Å². The number of thiazole rings is 1. The van der Waals surface area contributed by atoms with Crippen LogP contribution in [-0.4, -0.2) is 83.3 Å². The summed E-state index contributed by atoms with van der Waals surface area (Å²) in [6, 6.07) is 17.2. The summed E-state index contributed by atoms with van der Waals surface area (Å²) in [5.41, 5.74) is 2.46. The van der Waals surface area contributed by atoms with Gasteiger partial charge in [-0.1, -0.05) is 60.7 Å². The predicted molar refractivity (Wildman–Crippen MR) is 148 cm³/mol. The Labute approximate surface area is 226 Å². The number of nitrogens with zero attached hydrogens (tertiary/aromatic N) is 4. The Morgan fingerprint density at radius 2 is 1.63 bits per heavy atom. The normalized spacial score (nSPS) is 18.7. The van der Waals surface area contributed by atoms with Gasteiger partial charge in [-0.3, -0.25) is 9.59 Å². The number of carbonyl (C=O) groups excluding carboxylic acids is 3. The minimum atomic E-state index is -0.874. The number of piperazine rings is 1. The second-order valence-corrected chi connectivity index (χ2v) is 10.5. The van der Waals surface area contributed by atoms with Gasteiger partial charge in [0.05, 0.1) is 5.69 Å². The fourth-order valence-corrected chi connectivity index (χ4v) is 5.61. The van der Waals surface area contributed by atoms with Crippen LogP contribution in [-0.2, 0) is 9.59 Å². The van der Waals surface area contributed by atoms with Gasteiger partial charge in [-0.15, -0.1) is 11.3 Å². The molecule has 2 aliphatic heterocycles. The first-order valence-electron chi connectivity index (χ1n) is 12.9. The van der Waals surface area contributed by atoms with E-state index in [1.165, 1.54) is 11.3 Å². The molecule has 5 rings (SSSR count). The van der Waals surface area contributed by atoms with Gasteiger partial charge in [0.2, 0.25) is 5.91 Å². The van der Waals surface area contributed by atoms with Crippen LogP contribution in [0.4, 0.5) is 9.93 Å². The smallest absolute Gasteiger partial charge is 0.318 e. The largest absolute Gasteiger partial charge is 0.329 e. The van der Waals surface area contributed by atoms with E-state index in [4.69, 9.17) is 0 Å². The summed E-state index contributed by atoms with van der Waals surface area (Å²) in [7, 11) is 2.03. The molecule has 2 aromatic carbocycles. The summed E-state index contributed by atoms with van der Waals surface area (Å²) < 4.78 is 0. The van der Waals surface area contributed by atoms with Crippen LogP contribution in [0.5, 0.6) is 0 Å². The van der Waals surface area contributed by atoms with E-state index in [1.807, 2.05) is 73.1 Å². The molecule has 198 valence electrons. The maximum Gasteiger partial charge on any atom is 0.318 e. The number of amides is 4. The first-order valence-corrected chi connectivity index (χ1v) is 13.8. The van der Waals surface area contributed by atoms with Crippen LogP contribution < -0.4 is 10.6 Å². The molecule has 9 nitrogen and oxygen atoms in total. The third kappa shape index (κ3) is 5.87. The Kier molecular flexibility index (Phi) is 8.00. The Morgan fingerprint density at radius 3 is 2.34 bits per heavy atom. The van der Waals surface area contributed by atoms with Gasteiger partial charge in [0.25, 0.3) is 5.91 Å². The number of rotatable bonds is 6. The van der Waals surface area contributed by atoms with Gasteiger partial charge in [0.15, 0.2) is 5.13 Å². The molecule has 38 heavy (non-hydrogen) atoms. The van der Waals surface area contributed by atoms with Crippen molar-refractivity contribution in [2.75, 3.05) is 45.1 Å². The Morgan fingerprint density at radius 1 is 0.947 bits per heavy atom. The van der Waals surface area contributed by atoms with E-state index in [9.17, 15) is 14.4 Å². The number of nitrogens with one attached hydrogen (secondary N) is 2. The lowest BCUT2D eigenvalue weighted by molar-refractivity contribution is -0.138. The number of likely N-dealkylation sites (N-methyl/N-ethyl adjacent to an activating group) is 1. The van der Waals surface area contributed by atoms with E-state index in [1.54, 1.807) is 9.80 Å². The number of aromatic nitrogens is 1. The van der Waals surface area contributed by atoms with E-state index in [0.29, 0.717) is 43.2 Å². The van der Waals surface area contributed by atoms with E-state index >= 15 is 0 Å². The quantitative estimate of drug-likeness (QED) is 0.507. The number of hydrogen-bond acceptors (Lipinski definition) is 6. The Bertz CT molecular complexity index is 1260. The highest BCUT2D eigenvalue weighted by Gasteiger charge is 2.39. The summed E-state index contributed by atoms with van der Waals surface area (Å²) >= 11 is 1.36. The Hall–Kier alpha value is -3.76. The number of anilines is 1. The molecular formula is C28H32N6O3S. The van der Waals surface area contributed by atoms with Crippen LogP contribution in [0.2, 0.25) is 0 Å². The molecule has 0 saturated carbocycles. The van der Waals surface area contributed by atoms with Gasteiger partial charge in [0, 0.05) is 43.7 Å². The molecule has 0 radical (unpaired) electrons. The van der Waals surface area contributed by atoms with Crippen molar-refractivity contribution in [3.8, 4) is 11.3 Å². The van der Waals surface area contributed by atoms with Crippen LogP contribution in [0, 0.1) is 0 Å². The highest BCUT2D eigenvalue weighted by atomic mass is 32.1. The highest BCUT2D eigenvalue weighted by molar-refractivity contribution is 7.14. The molecule has 0 bridgehead atoms. The molecule has 2 saturated heterocycles. The van der Waals surface area contributed by atoms with Crippen LogP contribution >= 0.6 is 11.3 Å². The van der Waals surface area contributed by atoms with Gasteiger partial charge in [-0.05, 0) is 25.5 Å². The third-order valence-corrected chi connectivity index (χ3v) is 7.84. The summed E-state index contributed by atoms with van der Waals surface area (Å²) in [5.74, 6) is -0.539. The fraction of sp³-hybridized carbons (Fsp3) is 0.357. The zero-order valence-corrected chi connectivity index (χ0v) is 22.2. The first-order chi connectivity index (χ1) is 18.5. The van der Waals surface area contributed by atoms with Gasteiger partial charge in [-0.25, -0.2) is 9.78 Å². The predicted octanol–water partition coefficient (Wildman–Crippen LogP) is 3.44. The van der Waals surface area contributed by atoms with E-state index in [0.717, 1.165) is 24.3 Å². The van der Waals surface area contributed by atoms with Crippen molar-refractivity contribution in [2.24, 2.45) is 0 Å². The number of carbonyl (C=O) groups is 3. The van der Waals surface area contributed by atoms with Crippen LogP contribution in [0.15, 0.2) is 66.0 Å². The molecule has 2 atom stereocenters. The molecule has 0 aliphatic carbocycles. The van der Waals surface area contributed by atoms with Crippen molar-refractivity contribution in [1.82, 2.24) is 25.0 Å². The first kappa shape index (κ1) is 25.9. The molecule has 4 amide bonds.